The fourth-order valence-electron chi connectivity index (χ4n) is 3.12. The van der Waals surface area contributed by atoms with Crippen LogP contribution in [0.4, 0.5) is 4.79 Å². The van der Waals surface area contributed by atoms with Gasteiger partial charge in [0.2, 0.25) is 0 Å². The highest BCUT2D eigenvalue weighted by atomic mass is 16.5. The molecule has 1 aliphatic heterocycles. The molecule has 0 unspecified atom stereocenters. The topological polar surface area (TPSA) is 85.9 Å². The monoisotopic (exact) mass is 382 g/mol. The molecule has 1 aliphatic rings. The van der Waals surface area contributed by atoms with E-state index in [-0.39, 0.29) is 6.61 Å². The van der Waals surface area contributed by atoms with E-state index in [1.165, 1.54) is 0 Å². The third kappa shape index (κ3) is 3.78. The standard InChI is InChI=1S/C21H22N2O5/c1-4-28-20(24)17-18(13-9-11-14(26-2)12-10-13)22-21(25)23-19(17)15-7-5-6-8-16(15)27-3/h5-12,19H,4H2,1-3H3,(H2,22,23,25)/t19-/m0/s1. The maximum absolute atomic E-state index is 12.9. The Morgan fingerprint density at radius 2 is 1.75 bits per heavy atom. The van der Waals surface area contributed by atoms with E-state index in [4.69, 9.17) is 14.2 Å². The Bertz CT molecular complexity index is 905. The van der Waals surface area contributed by atoms with Crippen LogP contribution < -0.4 is 20.1 Å². The van der Waals surface area contributed by atoms with Gasteiger partial charge in [0.15, 0.2) is 0 Å². The lowest BCUT2D eigenvalue weighted by Gasteiger charge is -2.30. The van der Waals surface area contributed by atoms with Crippen molar-refractivity contribution in [1.82, 2.24) is 10.6 Å². The first kappa shape index (κ1) is 19.3. The summed E-state index contributed by atoms with van der Waals surface area (Å²) in [6.45, 7) is 1.95. The molecule has 0 fully saturated rings. The second kappa shape index (κ2) is 8.47. The van der Waals surface area contributed by atoms with Gasteiger partial charge < -0.3 is 24.8 Å². The number of ether oxygens (including phenoxy) is 3. The Morgan fingerprint density at radius 3 is 2.39 bits per heavy atom. The first-order valence-electron chi connectivity index (χ1n) is 8.85. The van der Waals surface area contributed by atoms with Gasteiger partial charge in [0.25, 0.3) is 0 Å². The number of carbonyl (C=O) groups is 2. The molecule has 0 saturated heterocycles. The molecule has 7 nitrogen and oxygen atoms in total. The van der Waals surface area contributed by atoms with Crippen LogP contribution >= 0.6 is 0 Å². The van der Waals surface area contributed by atoms with Crippen LogP contribution in [0.1, 0.15) is 24.1 Å². The molecule has 28 heavy (non-hydrogen) atoms. The number of rotatable bonds is 6. The Morgan fingerprint density at radius 1 is 1.04 bits per heavy atom. The second-order valence-corrected chi connectivity index (χ2v) is 6.01. The Kier molecular flexibility index (Phi) is 5.84. The molecule has 0 radical (unpaired) electrons. The average Bonchev–Trinajstić information content (AvgIpc) is 2.73. The van der Waals surface area contributed by atoms with Gasteiger partial charge in [0.05, 0.1) is 38.1 Å². The zero-order chi connectivity index (χ0) is 20.1. The van der Waals surface area contributed by atoms with Gasteiger partial charge >= 0.3 is 12.0 Å². The number of nitrogens with one attached hydrogen (secondary N) is 2. The maximum atomic E-state index is 12.9. The van der Waals surface area contributed by atoms with Gasteiger partial charge in [0, 0.05) is 5.56 Å². The molecule has 2 amide bonds. The summed E-state index contributed by atoms with van der Waals surface area (Å²) in [5.74, 6) is 0.714. The predicted octanol–water partition coefficient (Wildman–Crippen LogP) is 3.03. The lowest BCUT2D eigenvalue weighted by molar-refractivity contribution is -0.138. The minimum absolute atomic E-state index is 0.213. The summed E-state index contributed by atoms with van der Waals surface area (Å²) >= 11 is 0. The number of benzene rings is 2. The van der Waals surface area contributed by atoms with E-state index in [9.17, 15) is 9.59 Å². The molecule has 7 heteroatoms. The first-order chi connectivity index (χ1) is 13.6. The number of para-hydroxylation sites is 1. The molecule has 0 spiro atoms. The zero-order valence-corrected chi connectivity index (χ0v) is 15.9. The fourth-order valence-corrected chi connectivity index (χ4v) is 3.12. The van der Waals surface area contributed by atoms with Crippen LogP contribution in [0.15, 0.2) is 54.1 Å². The van der Waals surface area contributed by atoms with Crippen LogP contribution in [0, 0.1) is 0 Å². The van der Waals surface area contributed by atoms with E-state index >= 15 is 0 Å². The summed E-state index contributed by atoms with van der Waals surface area (Å²) in [5, 5.41) is 5.55. The summed E-state index contributed by atoms with van der Waals surface area (Å²) in [7, 11) is 3.11. The Hall–Kier alpha value is -3.48. The van der Waals surface area contributed by atoms with E-state index in [2.05, 4.69) is 10.6 Å². The van der Waals surface area contributed by atoms with Crippen molar-refractivity contribution in [3.8, 4) is 11.5 Å². The van der Waals surface area contributed by atoms with Crippen molar-refractivity contribution >= 4 is 17.7 Å². The molecular formula is C21H22N2O5. The van der Waals surface area contributed by atoms with Crippen LogP contribution in [-0.2, 0) is 9.53 Å². The zero-order valence-electron chi connectivity index (χ0n) is 15.9. The van der Waals surface area contributed by atoms with Crippen LogP contribution in [0.25, 0.3) is 5.70 Å². The minimum Gasteiger partial charge on any atom is -0.497 e. The quantitative estimate of drug-likeness (QED) is 0.750. The largest absolute Gasteiger partial charge is 0.497 e. The van der Waals surface area contributed by atoms with E-state index in [1.807, 2.05) is 12.1 Å². The third-order valence-electron chi connectivity index (χ3n) is 4.40. The predicted molar refractivity (Wildman–Crippen MR) is 104 cm³/mol. The smallest absolute Gasteiger partial charge is 0.338 e. The molecule has 2 N–H and O–H groups in total. The van der Waals surface area contributed by atoms with Gasteiger partial charge in [-0.05, 0) is 42.8 Å². The number of urea groups is 1. The molecule has 0 aliphatic carbocycles. The van der Waals surface area contributed by atoms with Crippen molar-refractivity contribution < 1.29 is 23.8 Å². The van der Waals surface area contributed by atoms with E-state index in [0.717, 1.165) is 0 Å². The Balaban J connectivity index is 2.19. The normalized spacial score (nSPS) is 16.1. The molecule has 1 heterocycles. The fraction of sp³-hybridized carbons (Fsp3) is 0.238. The highest BCUT2D eigenvalue weighted by Crippen LogP contribution is 2.36. The maximum Gasteiger partial charge on any atom is 0.338 e. The van der Waals surface area contributed by atoms with Crippen molar-refractivity contribution in [2.45, 2.75) is 13.0 Å². The highest BCUT2D eigenvalue weighted by Gasteiger charge is 2.35. The Labute approximate surface area is 163 Å². The average molecular weight is 382 g/mol. The molecule has 0 bridgehead atoms. The molecule has 0 aromatic heterocycles. The summed E-state index contributed by atoms with van der Waals surface area (Å²) in [4.78, 5) is 25.3. The number of hydrogen-bond donors (Lipinski definition) is 2. The lowest BCUT2D eigenvalue weighted by atomic mass is 9.92. The van der Waals surface area contributed by atoms with Gasteiger partial charge in [-0.1, -0.05) is 18.2 Å². The van der Waals surface area contributed by atoms with Gasteiger partial charge in [-0.2, -0.15) is 0 Å². The van der Waals surface area contributed by atoms with Crippen molar-refractivity contribution in [2.75, 3.05) is 20.8 Å². The van der Waals surface area contributed by atoms with Crippen molar-refractivity contribution in [3.63, 3.8) is 0 Å². The summed E-state index contributed by atoms with van der Waals surface area (Å²) < 4.78 is 15.9. The number of hydrogen-bond acceptors (Lipinski definition) is 5. The van der Waals surface area contributed by atoms with Crippen LogP contribution in [0.5, 0.6) is 11.5 Å². The SMILES string of the molecule is CCOC(=O)C1=C(c2ccc(OC)cc2)NC(=O)N[C@H]1c1ccccc1OC. The summed E-state index contributed by atoms with van der Waals surface area (Å²) in [6, 6.07) is 13.2. The van der Waals surface area contributed by atoms with E-state index < -0.39 is 18.0 Å². The van der Waals surface area contributed by atoms with Gasteiger partial charge in [0.1, 0.15) is 11.5 Å². The molecule has 2 aromatic rings. The second-order valence-electron chi connectivity index (χ2n) is 6.01. The number of esters is 1. The summed E-state index contributed by atoms with van der Waals surface area (Å²) in [5.41, 5.74) is 2.02. The highest BCUT2D eigenvalue weighted by molar-refractivity contribution is 6.04. The molecule has 3 rings (SSSR count). The summed E-state index contributed by atoms with van der Waals surface area (Å²) in [6.07, 6.45) is 0. The van der Waals surface area contributed by atoms with Gasteiger partial charge in [-0.25, -0.2) is 9.59 Å². The van der Waals surface area contributed by atoms with Crippen molar-refractivity contribution in [3.05, 3.63) is 65.2 Å². The first-order valence-corrected chi connectivity index (χ1v) is 8.85. The molecule has 1 atom stereocenters. The van der Waals surface area contributed by atoms with Crippen LogP contribution in [-0.4, -0.2) is 32.8 Å². The molecule has 146 valence electrons. The van der Waals surface area contributed by atoms with Crippen LogP contribution in [0.3, 0.4) is 0 Å². The van der Waals surface area contributed by atoms with Crippen molar-refractivity contribution in [1.29, 1.82) is 0 Å². The molecule has 2 aromatic carbocycles. The molecular weight excluding hydrogens is 360 g/mol. The lowest BCUT2D eigenvalue weighted by Crippen LogP contribution is -2.45. The van der Waals surface area contributed by atoms with Gasteiger partial charge in [-0.3, -0.25) is 0 Å². The van der Waals surface area contributed by atoms with E-state index in [1.54, 1.807) is 57.5 Å². The minimum atomic E-state index is -0.721. The van der Waals surface area contributed by atoms with Crippen LogP contribution in [0.2, 0.25) is 0 Å². The van der Waals surface area contributed by atoms with E-state index in [0.29, 0.717) is 33.9 Å². The molecule has 0 saturated carbocycles. The number of methoxy groups -OCH3 is 2. The number of carbonyl (C=O) groups excluding carboxylic acids is 2. The van der Waals surface area contributed by atoms with Crippen molar-refractivity contribution in [2.24, 2.45) is 0 Å². The van der Waals surface area contributed by atoms with Gasteiger partial charge in [-0.15, -0.1) is 0 Å². The number of amides is 2. The third-order valence-corrected chi connectivity index (χ3v) is 4.40.